The Morgan fingerprint density at radius 2 is 0.778 bits per heavy atom. The van der Waals surface area contributed by atoms with Crippen molar-refractivity contribution in [2.24, 2.45) is 17.8 Å². The van der Waals surface area contributed by atoms with Crippen LogP contribution in [-0.4, -0.2) is 50.8 Å². The lowest BCUT2D eigenvalue weighted by atomic mass is 10.2. The van der Waals surface area contributed by atoms with E-state index in [0.717, 1.165) is 62.2 Å². The van der Waals surface area contributed by atoms with Gasteiger partial charge in [-0.05, 0) is 102 Å². The molecule has 0 aliphatic rings. The molecule has 2 rings (SSSR count). The van der Waals surface area contributed by atoms with Gasteiger partial charge in [0.25, 0.3) is 0 Å². The van der Waals surface area contributed by atoms with Gasteiger partial charge in [-0.3, -0.25) is 0 Å². The minimum atomic E-state index is 0.317. The average Bonchev–Trinajstić information content (AvgIpc) is 3.18. The summed E-state index contributed by atoms with van der Waals surface area (Å²) in [5, 5.41) is 0. The largest absolute Gasteiger partial charge is 0.491 e. The van der Waals surface area contributed by atoms with Crippen LogP contribution in [0.3, 0.4) is 0 Å². The second-order valence-corrected chi connectivity index (χ2v) is 15.2. The predicted octanol–water partition coefficient (Wildman–Crippen LogP) is 15.3. The SMILES string of the molecule is CCC(C)C.CCC(C)C.CCC(C)OCC(C)C.CCC(C)OCCOc1ccccc1.CCC(C)Oc1ccccc1.CCCCCOC(C)CC. The molecule has 2 aromatic rings. The number of para-hydroxylation sites is 2. The molecule has 0 fully saturated rings. The van der Waals surface area contributed by atoms with Gasteiger partial charge in [0.05, 0.1) is 31.0 Å². The summed E-state index contributed by atoms with van der Waals surface area (Å²) in [6.45, 7) is 39.9. The monoisotopic (exact) mass is 763 g/mol. The molecule has 0 aliphatic carbocycles. The van der Waals surface area contributed by atoms with Crippen molar-refractivity contribution in [1.82, 2.24) is 0 Å². The number of unbranched alkanes of at least 4 members (excludes halogenated alkanes) is 2. The fourth-order valence-corrected chi connectivity index (χ4v) is 3.09. The van der Waals surface area contributed by atoms with E-state index in [0.29, 0.717) is 43.5 Å². The molecule has 2 aromatic carbocycles. The minimum absolute atomic E-state index is 0.317. The Labute approximate surface area is 339 Å². The van der Waals surface area contributed by atoms with Gasteiger partial charge in [-0.15, -0.1) is 0 Å². The maximum absolute atomic E-state index is 5.56. The van der Waals surface area contributed by atoms with Crippen LogP contribution in [0.2, 0.25) is 0 Å². The van der Waals surface area contributed by atoms with Crippen molar-refractivity contribution in [3.63, 3.8) is 0 Å². The van der Waals surface area contributed by atoms with Crippen molar-refractivity contribution < 1.29 is 23.7 Å². The average molecular weight is 763 g/mol. The summed E-state index contributed by atoms with van der Waals surface area (Å²) < 4.78 is 27.5. The van der Waals surface area contributed by atoms with Gasteiger partial charge in [-0.25, -0.2) is 0 Å². The van der Waals surface area contributed by atoms with E-state index in [2.05, 4.69) is 118 Å². The smallest absolute Gasteiger partial charge is 0.119 e. The molecule has 0 spiro atoms. The van der Waals surface area contributed by atoms with E-state index in [-0.39, 0.29) is 0 Å². The molecule has 0 aromatic heterocycles. The number of hydrogen-bond donors (Lipinski definition) is 0. The van der Waals surface area contributed by atoms with Gasteiger partial charge < -0.3 is 23.7 Å². The van der Waals surface area contributed by atoms with Crippen LogP contribution in [0.1, 0.15) is 175 Å². The third kappa shape index (κ3) is 52.0. The fourth-order valence-electron chi connectivity index (χ4n) is 3.09. The van der Waals surface area contributed by atoms with Crippen molar-refractivity contribution in [3.8, 4) is 11.5 Å². The highest BCUT2D eigenvalue weighted by Gasteiger charge is 2.00. The number of hydrogen-bond acceptors (Lipinski definition) is 5. The van der Waals surface area contributed by atoms with E-state index in [1.54, 1.807) is 0 Å². The predicted molar refractivity (Wildman–Crippen MR) is 240 cm³/mol. The zero-order chi connectivity index (χ0) is 42.0. The molecule has 0 N–H and O–H groups in total. The Morgan fingerprint density at radius 1 is 0.389 bits per heavy atom. The first kappa shape index (κ1) is 58.6. The molecule has 0 radical (unpaired) electrons. The van der Waals surface area contributed by atoms with Gasteiger partial charge in [0.15, 0.2) is 0 Å². The summed E-state index contributed by atoms with van der Waals surface area (Å²) in [5.41, 5.74) is 0. The molecular weight excluding hydrogens is 669 g/mol. The van der Waals surface area contributed by atoms with E-state index in [9.17, 15) is 0 Å². The summed E-state index contributed by atoms with van der Waals surface area (Å²) in [5.74, 6) is 4.30. The number of benzene rings is 2. The van der Waals surface area contributed by atoms with E-state index in [4.69, 9.17) is 23.7 Å². The highest BCUT2D eigenvalue weighted by atomic mass is 16.5. The van der Waals surface area contributed by atoms with Gasteiger partial charge in [0, 0.05) is 13.2 Å². The molecule has 0 heterocycles. The highest BCUT2D eigenvalue weighted by molar-refractivity contribution is 5.21. The lowest BCUT2D eigenvalue weighted by Crippen LogP contribution is -2.13. The summed E-state index contributed by atoms with van der Waals surface area (Å²) >= 11 is 0. The topological polar surface area (TPSA) is 46.2 Å². The fraction of sp³-hybridized carbons (Fsp3) is 0.755. The quantitative estimate of drug-likeness (QED) is 0.119. The molecule has 320 valence electrons. The lowest BCUT2D eigenvalue weighted by molar-refractivity contribution is 0.0427. The summed E-state index contributed by atoms with van der Waals surface area (Å²) in [6.07, 6.45) is 12.3. The van der Waals surface area contributed by atoms with Crippen LogP contribution >= 0.6 is 0 Å². The highest BCUT2D eigenvalue weighted by Crippen LogP contribution is 2.12. The molecule has 54 heavy (non-hydrogen) atoms. The molecule has 0 amide bonds. The Morgan fingerprint density at radius 3 is 1.15 bits per heavy atom. The van der Waals surface area contributed by atoms with Crippen molar-refractivity contribution in [3.05, 3.63) is 60.7 Å². The second kappa shape index (κ2) is 45.3. The van der Waals surface area contributed by atoms with Gasteiger partial charge in [-0.1, -0.05) is 152 Å². The van der Waals surface area contributed by atoms with E-state index >= 15 is 0 Å². The normalized spacial score (nSPS) is 12.4. The molecule has 5 heteroatoms. The van der Waals surface area contributed by atoms with Gasteiger partial charge >= 0.3 is 0 Å². The van der Waals surface area contributed by atoms with Crippen LogP contribution in [0.5, 0.6) is 11.5 Å². The van der Waals surface area contributed by atoms with Crippen molar-refractivity contribution in [1.29, 1.82) is 0 Å². The van der Waals surface area contributed by atoms with Gasteiger partial charge in [0.2, 0.25) is 0 Å². The first-order chi connectivity index (χ1) is 25.7. The lowest BCUT2D eigenvalue weighted by Gasteiger charge is -2.11. The van der Waals surface area contributed by atoms with Crippen LogP contribution in [0, 0.1) is 17.8 Å². The first-order valence-electron chi connectivity index (χ1n) is 21.9. The van der Waals surface area contributed by atoms with Crippen molar-refractivity contribution in [2.75, 3.05) is 26.4 Å². The second-order valence-electron chi connectivity index (χ2n) is 15.2. The zero-order valence-corrected chi connectivity index (χ0v) is 39.0. The van der Waals surface area contributed by atoms with Crippen LogP contribution in [0.25, 0.3) is 0 Å². The maximum atomic E-state index is 5.56. The van der Waals surface area contributed by atoms with Crippen LogP contribution in [0.15, 0.2) is 60.7 Å². The maximum Gasteiger partial charge on any atom is 0.119 e. The molecule has 0 bridgehead atoms. The van der Waals surface area contributed by atoms with Crippen LogP contribution < -0.4 is 9.47 Å². The van der Waals surface area contributed by atoms with Gasteiger partial charge in [-0.2, -0.15) is 0 Å². The van der Waals surface area contributed by atoms with E-state index < -0.39 is 0 Å². The van der Waals surface area contributed by atoms with Crippen molar-refractivity contribution >= 4 is 0 Å². The summed E-state index contributed by atoms with van der Waals surface area (Å²) in [4.78, 5) is 0. The van der Waals surface area contributed by atoms with Gasteiger partial charge in [0.1, 0.15) is 18.1 Å². The Hall–Kier alpha value is -2.08. The standard InChI is InChI=1S/C12H18O2.C10H14O.C9H20O.C8H18O.2C5H12/c1-3-11(2)13-9-10-14-12-7-5-4-6-8-12;1-3-9(2)11-10-7-5-4-6-8-10;1-4-6-7-8-10-9(3)5-2;1-5-8(4)9-6-7(2)3;2*1-4-5(2)3/h4-8,11H,3,9-10H2,1-2H3;4-9H,3H2,1-2H3;9H,4-8H2,1-3H3;7-8H,5-6H2,1-4H3;2*5H,4H2,1-3H3. The Bertz CT molecular complexity index is 910. The third-order valence-electron chi connectivity index (χ3n) is 8.38. The van der Waals surface area contributed by atoms with Crippen LogP contribution in [-0.2, 0) is 14.2 Å². The van der Waals surface area contributed by atoms with E-state index in [1.807, 2.05) is 60.7 Å². The van der Waals surface area contributed by atoms with E-state index in [1.165, 1.54) is 32.1 Å². The molecule has 0 saturated heterocycles. The molecule has 0 aliphatic heterocycles. The minimum Gasteiger partial charge on any atom is -0.491 e. The van der Waals surface area contributed by atoms with Crippen molar-refractivity contribution in [2.45, 2.75) is 200 Å². The molecule has 0 saturated carbocycles. The van der Waals surface area contributed by atoms with Crippen LogP contribution in [0.4, 0.5) is 0 Å². The first-order valence-corrected chi connectivity index (χ1v) is 21.9. The summed E-state index contributed by atoms with van der Waals surface area (Å²) in [7, 11) is 0. The number of ether oxygens (including phenoxy) is 5. The molecule has 4 unspecified atom stereocenters. The molecule has 5 nitrogen and oxygen atoms in total. The molecule has 4 atom stereocenters. The summed E-state index contributed by atoms with van der Waals surface area (Å²) in [6, 6.07) is 19.7. The Kier molecular flexibility index (Phi) is 49.2. The Balaban J connectivity index is -0.000000288. The molecular formula is C49H94O5. The number of rotatable bonds is 21. The zero-order valence-electron chi connectivity index (χ0n) is 39.0. The third-order valence-corrected chi connectivity index (χ3v) is 8.38.